The van der Waals surface area contributed by atoms with Crippen LogP contribution in [0.15, 0.2) is 6.07 Å². The van der Waals surface area contributed by atoms with Gasteiger partial charge in [-0.15, -0.1) is 0 Å². The molecule has 0 saturated heterocycles. The standard InChI is InChI=1S/C10H15F3N6O2/c1-21-3-2-15-8(20)5-16-7-4-6(10(11,12)13)17-9(18-7)19-14/h4H,2-3,5,14H2,1H3,(H,15,20)(H2,16,17,18,19). The third-order valence-corrected chi connectivity index (χ3v) is 2.20. The number of carbonyl (C=O) groups is 1. The van der Waals surface area contributed by atoms with E-state index in [0.29, 0.717) is 19.2 Å². The number of nitrogens with two attached hydrogens (primary N) is 1. The molecular formula is C10H15F3N6O2. The highest BCUT2D eigenvalue weighted by molar-refractivity contribution is 5.80. The smallest absolute Gasteiger partial charge is 0.383 e. The summed E-state index contributed by atoms with van der Waals surface area (Å²) in [7, 11) is 1.48. The molecule has 0 fully saturated rings. The zero-order valence-corrected chi connectivity index (χ0v) is 11.1. The van der Waals surface area contributed by atoms with Gasteiger partial charge >= 0.3 is 6.18 Å². The monoisotopic (exact) mass is 308 g/mol. The first-order valence-electron chi connectivity index (χ1n) is 5.79. The third kappa shape index (κ3) is 5.79. The molecule has 0 bridgehead atoms. The van der Waals surface area contributed by atoms with E-state index in [0.717, 1.165) is 0 Å². The van der Waals surface area contributed by atoms with Gasteiger partial charge in [-0.2, -0.15) is 18.2 Å². The Labute approximate surface area is 118 Å². The van der Waals surface area contributed by atoms with Gasteiger partial charge in [-0.05, 0) is 0 Å². The molecule has 0 unspecified atom stereocenters. The van der Waals surface area contributed by atoms with Crippen LogP contribution in [0, 0.1) is 0 Å². The number of alkyl halides is 3. The van der Waals surface area contributed by atoms with E-state index in [1.807, 2.05) is 5.43 Å². The molecule has 118 valence electrons. The molecule has 1 aromatic heterocycles. The minimum Gasteiger partial charge on any atom is -0.383 e. The predicted octanol–water partition coefficient (Wildman–Crippen LogP) is -0.0445. The fourth-order valence-corrected chi connectivity index (χ4v) is 1.27. The van der Waals surface area contributed by atoms with Gasteiger partial charge < -0.3 is 15.4 Å². The van der Waals surface area contributed by atoms with Gasteiger partial charge in [0.1, 0.15) is 5.82 Å². The van der Waals surface area contributed by atoms with Crippen LogP contribution in [0.1, 0.15) is 5.69 Å². The normalized spacial score (nSPS) is 11.1. The van der Waals surface area contributed by atoms with Gasteiger partial charge in [0.15, 0.2) is 5.69 Å². The number of ether oxygens (including phenoxy) is 1. The molecule has 0 aliphatic carbocycles. The predicted molar refractivity (Wildman–Crippen MR) is 68.2 cm³/mol. The molecule has 21 heavy (non-hydrogen) atoms. The van der Waals surface area contributed by atoms with Crippen molar-refractivity contribution in [1.82, 2.24) is 15.3 Å². The molecule has 1 amide bonds. The van der Waals surface area contributed by atoms with Crippen molar-refractivity contribution in [3.63, 3.8) is 0 Å². The second kappa shape index (κ2) is 7.59. The maximum atomic E-state index is 12.6. The number of halogens is 3. The summed E-state index contributed by atoms with van der Waals surface area (Å²) < 4.78 is 42.6. The summed E-state index contributed by atoms with van der Waals surface area (Å²) in [5.41, 5.74) is 0.757. The van der Waals surface area contributed by atoms with Crippen molar-refractivity contribution < 1.29 is 22.7 Å². The van der Waals surface area contributed by atoms with Gasteiger partial charge in [0, 0.05) is 19.7 Å². The van der Waals surface area contributed by atoms with E-state index in [9.17, 15) is 18.0 Å². The van der Waals surface area contributed by atoms with E-state index < -0.39 is 23.7 Å². The molecule has 11 heteroatoms. The van der Waals surface area contributed by atoms with Gasteiger partial charge in [0.2, 0.25) is 11.9 Å². The highest BCUT2D eigenvalue weighted by atomic mass is 19.4. The van der Waals surface area contributed by atoms with Gasteiger partial charge in [0.05, 0.1) is 13.2 Å². The maximum Gasteiger partial charge on any atom is 0.433 e. The zero-order valence-electron chi connectivity index (χ0n) is 11.1. The molecule has 5 N–H and O–H groups in total. The second-order valence-electron chi connectivity index (χ2n) is 3.80. The molecule has 0 radical (unpaired) electrons. The number of aromatic nitrogens is 2. The van der Waals surface area contributed by atoms with Crippen molar-refractivity contribution in [2.24, 2.45) is 5.84 Å². The van der Waals surface area contributed by atoms with Crippen LogP contribution in [0.2, 0.25) is 0 Å². The van der Waals surface area contributed by atoms with Crippen LogP contribution in [-0.2, 0) is 15.7 Å². The molecule has 0 spiro atoms. The van der Waals surface area contributed by atoms with E-state index in [2.05, 4.69) is 20.6 Å². The number of hydrogen-bond donors (Lipinski definition) is 4. The van der Waals surface area contributed by atoms with Gasteiger partial charge in [-0.25, -0.2) is 10.8 Å². The first kappa shape index (κ1) is 16.9. The minimum absolute atomic E-state index is 0.174. The van der Waals surface area contributed by atoms with Gasteiger partial charge in [-0.3, -0.25) is 10.2 Å². The summed E-state index contributed by atoms with van der Waals surface area (Å²) in [6.45, 7) is 0.380. The Hall–Kier alpha value is -2.14. The highest BCUT2D eigenvalue weighted by Gasteiger charge is 2.33. The van der Waals surface area contributed by atoms with Crippen LogP contribution in [0.4, 0.5) is 24.9 Å². The number of nitrogen functional groups attached to an aromatic ring is 1. The lowest BCUT2D eigenvalue weighted by molar-refractivity contribution is -0.141. The fourth-order valence-electron chi connectivity index (χ4n) is 1.27. The van der Waals surface area contributed by atoms with E-state index in [4.69, 9.17) is 10.6 Å². The number of amides is 1. The topological polar surface area (TPSA) is 114 Å². The van der Waals surface area contributed by atoms with Crippen LogP contribution in [0.5, 0.6) is 0 Å². The number of hydrazine groups is 1. The number of hydrogen-bond acceptors (Lipinski definition) is 7. The molecule has 8 nitrogen and oxygen atoms in total. The molecule has 1 aromatic rings. The summed E-state index contributed by atoms with van der Waals surface area (Å²) >= 11 is 0. The van der Waals surface area contributed by atoms with Crippen LogP contribution >= 0.6 is 0 Å². The molecule has 0 saturated carbocycles. The Bertz CT molecular complexity index is 482. The quantitative estimate of drug-likeness (QED) is 0.317. The summed E-state index contributed by atoms with van der Waals surface area (Å²) in [6, 6.07) is 0.684. The van der Waals surface area contributed by atoms with Crippen LogP contribution in [0.25, 0.3) is 0 Å². The summed E-state index contributed by atoms with van der Waals surface area (Å²) in [6.07, 6.45) is -4.65. The van der Waals surface area contributed by atoms with Crippen LogP contribution in [-0.4, -0.2) is 42.7 Å². The Morgan fingerprint density at radius 3 is 2.71 bits per heavy atom. The largest absolute Gasteiger partial charge is 0.433 e. The van der Waals surface area contributed by atoms with Gasteiger partial charge in [-0.1, -0.05) is 0 Å². The summed E-state index contributed by atoms with van der Waals surface area (Å²) in [5, 5.41) is 4.95. The Morgan fingerprint density at radius 1 is 1.43 bits per heavy atom. The lowest BCUT2D eigenvalue weighted by Crippen LogP contribution is -2.32. The third-order valence-electron chi connectivity index (χ3n) is 2.20. The summed E-state index contributed by atoms with van der Waals surface area (Å²) in [5.74, 6) is 4.01. The molecule has 0 atom stereocenters. The lowest BCUT2D eigenvalue weighted by Gasteiger charge is -2.11. The average molecular weight is 308 g/mol. The first-order chi connectivity index (χ1) is 9.86. The minimum atomic E-state index is -4.65. The Morgan fingerprint density at radius 2 is 2.14 bits per heavy atom. The Balaban J connectivity index is 2.68. The molecule has 0 aromatic carbocycles. The number of rotatable bonds is 7. The molecular weight excluding hydrogens is 293 g/mol. The second-order valence-corrected chi connectivity index (χ2v) is 3.80. The van der Waals surface area contributed by atoms with Crippen molar-refractivity contribution in [2.75, 3.05) is 37.5 Å². The van der Waals surface area contributed by atoms with Crippen molar-refractivity contribution in [2.45, 2.75) is 6.18 Å². The van der Waals surface area contributed by atoms with E-state index in [-0.39, 0.29) is 12.4 Å². The van der Waals surface area contributed by atoms with Crippen molar-refractivity contribution in [3.05, 3.63) is 11.8 Å². The SMILES string of the molecule is COCCNC(=O)CNc1cc(C(F)(F)F)nc(NN)n1. The molecule has 0 aliphatic heterocycles. The molecule has 1 rings (SSSR count). The van der Waals surface area contributed by atoms with E-state index in [1.54, 1.807) is 0 Å². The van der Waals surface area contributed by atoms with Crippen molar-refractivity contribution in [3.8, 4) is 0 Å². The Kier molecular flexibility index (Phi) is 6.11. The first-order valence-corrected chi connectivity index (χ1v) is 5.79. The van der Waals surface area contributed by atoms with Crippen LogP contribution in [0.3, 0.4) is 0 Å². The molecule has 1 heterocycles. The number of nitrogens with zero attached hydrogens (tertiary/aromatic N) is 2. The zero-order chi connectivity index (χ0) is 15.9. The lowest BCUT2D eigenvalue weighted by atomic mass is 10.3. The maximum absolute atomic E-state index is 12.6. The number of carbonyl (C=O) groups excluding carboxylic acids is 1. The average Bonchev–Trinajstić information content (AvgIpc) is 2.44. The van der Waals surface area contributed by atoms with Crippen LogP contribution < -0.4 is 21.9 Å². The number of nitrogens with one attached hydrogen (secondary N) is 3. The van der Waals surface area contributed by atoms with Crippen molar-refractivity contribution >= 4 is 17.7 Å². The fraction of sp³-hybridized carbons (Fsp3) is 0.500. The molecule has 0 aliphatic rings. The van der Waals surface area contributed by atoms with Gasteiger partial charge in [0.25, 0.3) is 0 Å². The summed E-state index contributed by atoms with van der Waals surface area (Å²) in [4.78, 5) is 18.2. The highest BCUT2D eigenvalue weighted by Crippen LogP contribution is 2.29. The van der Waals surface area contributed by atoms with E-state index >= 15 is 0 Å². The van der Waals surface area contributed by atoms with Crippen molar-refractivity contribution in [1.29, 1.82) is 0 Å². The van der Waals surface area contributed by atoms with E-state index in [1.165, 1.54) is 7.11 Å². The number of methoxy groups -OCH3 is 1. The number of anilines is 2.